The number of imide groups is 1. The zero-order valence-electron chi connectivity index (χ0n) is 10.3. The van der Waals surface area contributed by atoms with Gasteiger partial charge in [-0.2, -0.15) is 13.2 Å². The van der Waals surface area contributed by atoms with Crippen LogP contribution < -0.4 is 0 Å². The standard InChI is InChI=1S/C13H11F4NO2/c14-10-5-4-9(13(15,16)17)6-8(10)7-18-11(19)2-1-3-12(18)20/h4-6H,1-3,7H2. The van der Waals surface area contributed by atoms with Crippen molar-refractivity contribution < 1.29 is 27.2 Å². The first-order chi connectivity index (χ1) is 9.29. The number of benzene rings is 1. The van der Waals surface area contributed by atoms with Gasteiger partial charge in [0, 0.05) is 18.4 Å². The first kappa shape index (κ1) is 14.5. The van der Waals surface area contributed by atoms with Crippen LogP contribution in [0.5, 0.6) is 0 Å². The fourth-order valence-corrected chi connectivity index (χ4v) is 2.02. The van der Waals surface area contributed by atoms with Crippen molar-refractivity contribution in [3.8, 4) is 0 Å². The number of hydrogen-bond donors (Lipinski definition) is 0. The van der Waals surface area contributed by atoms with Crippen LogP contribution >= 0.6 is 0 Å². The molecule has 0 aliphatic carbocycles. The van der Waals surface area contributed by atoms with Crippen molar-refractivity contribution in [1.29, 1.82) is 0 Å². The molecule has 2 rings (SSSR count). The fourth-order valence-electron chi connectivity index (χ4n) is 2.02. The van der Waals surface area contributed by atoms with Gasteiger partial charge in [0.2, 0.25) is 11.8 Å². The Balaban J connectivity index is 2.28. The number of piperidine rings is 1. The third-order valence-corrected chi connectivity index (χ3v) is 3.08. The number of alkyl halides is 3. The van der Waals surface area contributed by atoms with Gasteiger partial charge in [0.1, 0.15) is 5.82 Å². The number of amides is 2. The normalized spacial score (nSPS) is 16.7. The van der Waals surface area contributed by atoms with E-state index in [2.05, 4.69) is 0 Å². The number of carbonyl (C=O) groups excluding carboxylic acids is 2. The maximum absolute atomic E-state index is 13.6. The molecule has 1 aromatic rings. The molecule has 1 aromatic carbocycles. The second-order valence-electron chi connectivity index (χ2n) is 4.53. The van der Waals surface area contributed by atoms with E-state index in [4.69, 9.17) is 0 Å². The van der Waals surface area contributed by atoms with Crippen LogP contribution in [0.25, 0.3) is 0 Å². The van der Waals surface area contributed by atoms with Crippen molar-refractivity contribution in [2.24, 2.45) is 0 Å². The molecule has 0 N–H and O–H groups in total. The molecule has 0 atom stereocenters. The smallest absolute Gasteiger partial charge is 0.278 e. The highest BCUT2D eigenvalue weighted by molar-refractivity contribution is 5.97. The minimum Gasteiger partial charge on any atom is -0.278 e. The molecule has 0 unspecified atom stereocenters. The van der Waals surface area contributed by atoms with E-state index < -0.39 is 35.9 Å². The Hall–Kier alpha value is -1.92. The number of carbonyl (C=O) groups is 2. The molecular weight excluding hydrogens is 278 g/mol. The Morgan fingerprint density at radius 1 is 1.10 bits per heavy atom. The quantitative estimate of drug-likeness (QED) is 0.620. The summed E-state index contributed by atoms with van der Waals surface area (Å²) < 4.78 is 51.2. The lowest BCUT2D eigenvalue weighted by Crippen LogP contribution is -2.39. The molecule has 0 saturated carbocycles. The van der Waals surface area contributed by atoms with Crippen LogP contribution in [0.4, 0.5) is 17.6 Å². The summed E-state index contributed by atoms with van der Waals surface area (Å²) in [5.41, 5.74) is -1.32. The van der Waals surface area contributed by atoms with E-state index in [0.29, 0.717) is 24.6 Å². The maximum Gasteiger partial charge on any atom is 0.416 e. The average Bonchev–Trinajstić information content (AvgIpc) is 2.34. The van der Waals surface area contributed by atoms with Crippen LogP contribution in [0.15, 0.2) is 18.2 Å². The van der Waals surface area contributed by atoms with Gasteiger partial charge in [-0.05, 0) is 24.6 Å². The highest BCUT2D eigenvalue weighted by Gasteiger charge is 2.32. The van der Waals surface area contributed by atoms with E-state index in [9.17, 15) is 27.2 Å². The van der Waals surface area contributed by atoms with Crippen molar-refractivity contribution >= 4 is 11.8 Å². The van der Waals surface area contributed by atoms with E-state index in [1.165, 1.54) is 0 Å². The topological polar surface area (TPSA) is 37.4 Å². The van der Waals surface area contributed by atoms with Crippen LogP contribution in [-0.4, -0.2) is 16.7 Å². The predicted octanol–water partition coefficient (Wildman–Crippen LogP) is 2.88. The number of nitrogens with zero attached hydrogens (tertiary/aromatic N) is 1. The minimum absolute atomic E-state index is 0.145. The molecule has 1 fully saturated rings. The van der Waals surface area contributed by atoms with Gasteiger partial charge < -0.3 is 0 Å². The number of rotatable bonds is 2. The minimum atomic E-state index is -4.60. The van der Waals surface area contributed by atoms with Gasteiger partial charge in [0.05, 0.1) is 12.1 Å². The van der Waals surface area contributed by atoms with Crippen molar-refractivity contribution in [2.45, 2.75) is 32.0 Å². The first-order valence-electron chi connectivity index (χ1n) is 5.98. The average molecular weight is 289 g/mol. The molecule has 1 saturated heterocycles. The molecule has 7 heteroatoms. The van der Waals surface area contributed by atoms with Crippen molar-refractivity contribution in [3.63, 3.8) is 0 Å². The van der Waals surface area contributed by atoms with Crippen molar-refractivity contribution in [2.75, 3.05) is 0 Å². The van der Waals surface area contributed by atoms with E-state index in [0.717, 1.165) is 4.90 Å². The Morgan fingerprint density at radius 2 is 1.70 bits per heavy atom. The zero-order chi connectivity index (χ0) is 14.9. The lowest BCUT2D eigenvalue weighted by atomic mass is 10.1. The van der Waals surface area contributed by atoms with Gasteiger partial charge in [-0.1, -0.05) is 0 Å². The third kappa shape index (κ3) is 2.97. The second-order valence-corrected chi connectivity index (χ2v) is 4.53. The van der Waals surface area contributed by atoms with Gasteiger partial charge in [-0.3, -0.25) is 14.5 Å². The Morgan fingerprint density at radius 3 is 2.25 bits per heavy atom. The van der Waals surface area contributed by atoms with E-state index in [1.54, 1.807) is 0 Å². The van der Waals surface area contributed by atoms with Crippen LogP contribution in [0.3, 0.4) is 0 Å². The lowest BCUT2D eigenvalue weighted by molar-refractivity contribution is -0.148. The molecule has 0 bridgehead atoms. The third-order valence-electron chi connectivity index (χ3n) is 3.08. The summed E-state index contributed by atoms with van der Waals surface area (Å²) in [5.74, 6) is -1.85. The zero-order valence-corrected chi connectivity index (χ0v) is 10.3. The van der Waals surface area contributed by atoms with Crippen LogP contribution in [0, 0.1) is 5.82 Å². The SMILES string of the molecule is O=C1CCCC(=O)N1Cc1cc(C(F)(F)F)ccc1F. The molecular formula is C13H11F4NO2. The largest absolute Gasteiger partial charge is 0.416 e. The number of hydrogen-bond acceptors (Lipinski definition) is 2. The van der Waals surface area contributed by atoms with Gasteiger partial charge >= 0.3 is 6.18 Å². The Bertz CT molecular complexity index is 538. The molecule has 0 aromatic heterocycles. The summed E-state index contributed by atoms with van der Waals surface area (Å²) >= 11 is 0. The molecule has 0 spiro atoms. The molecule has 1 heterocycles. The maximum atomic E-state index is 13.6. The summed E-state index contributed by atoms with van der Waals surface area (Å²) in [6, 6.07) is 1.94. The van der Waals surface area contributed by atoms with Gasteiger partial charge in [0.15, 0.2) is 0 Å². The molecule has 20 heavy (non-hydrogen) atoms. The molecule has 2 amide bonds. The molecule has 0 radical (unpaired) electrons. The highest BCUT2D eigenvalue weighted by Crippen LogP contribution is 2.31. The Labute approximate surface area is 112 Å². The lowest BCUT2D eigenvalue weighted by Gasteiger charge is -2.25. The summed E-state index contributed by atoms with van der Waals surface area (Å²) in [4.78, 5) is 23.9. The number of likely N-dealkylation sites (tertiary alicyclic amines) is 1. The van der Waals surface area contributed by atoms with Gasteiger partial charge in [-0.15, -0.1) is 0 Å². The van der Waals surface area contributed by atoms with E-state index >= 15 is 0 Å². The second kappa shape index (κ2) is 5.22. The van der Waals surface area contributed by atoms with E-state index in [-0.39, 0.29) is 18.4 Å². The molecule has 3 nitrogen and oxygen atoms in total. The predicted molar refractivity (Wildman–Crippen MR) is 60.8 cm³/mol. The van der Waals surface area contributed by atoms with E-state index in [1.807, 2.05) is 0 Å². The molecule has 1 aliphatic heterocycles. The highest BCUT2D eigenvalue weighted by atomic mass is 19.4. The van der Waals surface area contributed by atoms with Crippen LogP contribution in [0.1, 0.15) is 30.4 Å². The van der Waals surface area contributed by atoms with Gasteiger partial charge in [-0.25, -0.2) is 4.39 Å². The fraction of sp³-hybridized carbons (Fsp3) is 0.385. The number of halogens is 4. The van der Waals surface area contributed by atoms with Crippen molar-refractivity contribution in [3.05, 3.63) is 35.1 Å². The summed E-state index contributed by atoms with van der Waals surface area (Å²) in [7, 11) is 0. The summed E-state index contributed by atoms with van der Waals surface area (Å²) in [5, 5.41) is 0. The molecule has 1 aliphatic rings. The van der Waals surface area contributed by atoms with Crippen LogP contribution in [-0.2, 0) is 22.3 Å². The van der Waals surface area contributed by atoms with Crippen LogP contribution in [0.2, 0.25) is 0 Å². The first-order valence-corrected chi connectivity index (χ1v) is 5.98. The summed E-state index contributed by atoms with van der Waals surface area (Å²) in [6.07, 6.45) is -3.89. The Kier molecular flexibility index (Phi) is 3.78. The van der Waals surface area contributed by atoms with Crippen molar-refractivity contribution in [1.82, 2.24) is 4.90 Å². The summed E-state index contributed by atoms with van der Waals surface area (Å²) in [6.45, 7) is -0.465. The van der Waals surface area contributed by atoms with Gasteiger partial charge in [0.25, 0.3) is 0 Å². The monoisotopic (exact) mass is 289 g/mol. The molecule has 108 valence electrons.